The summed E-state index contributed by atoms with van der Waals surface area (Å²) in [4.78, 5) is 1.88. The van der Waals surface area contributed by atoms with Crippen LogP contribution in [0, 0.1) is 5.92 Å². The van der Waals surface area contributed by atoms with Gasteiger partial charge in [-0.1, -0.05) is 20.3 Å². The van der Waals surface area contributed by atoms with Crippen LogP contribution in [0.2, 0.25) is 0 Å². The fourth-order valence-electron chi connectivity index (χ4n) is 2.45. The Kier molecular flexibility index (Phi) is 9.68. The standard InChI is InChI=1S/C12H25N.CH4O3S/c1-3-5-6-9-13-10-7-8-12(4-2)11-13;1-5(2,3)4/h12H,3-11H2,1-2H3;1H3,(H,2,3,4). The molecule has 2 unspecified atom stereocenters. The quantitative estimate of drug-likeness (QED) is 0.604. The molecule has 0 saturated carbocycles. The molecule has 1 aliphatic heterocycles. The lowest BCUT2D eigenvalue weighted by Gasteiger charge is -2.29. The van der Waals surface area contributed by atoms with Gasteiger partial charge in [0.2, 0.25) is 0 Å². The number of rotatable bonds is 5. The Balaban J connectivity index is 0.000000494. The zero-order valence-corrected chi connectivity index (χ0v) is 12.9. The van der Waals surface area contributed by atoms with Gasteiger partial charge in [-0.15, -0.1) is 0 Å². The van der Waals surface area contributed by atoms with E-state index in [2.05, 4.69) is 13.8 Å². The van der Waals surface area contributed by atoms with Gasteiger partial charge in [0.05, 0.1) is 29.8 Å². The van der Waals surface area contributed by atoms with Crippen molar-refractivity contribution < 1.29 is 17.9 Å². The highest BCUT2D eigenvalue weighted by atomic mass is 32.2. The first-order valence-corrected chi connectivity index (χ1v) is 8.92. The van der Waals surface area contributed by atoms with Crippen molar-refractivity contribution in [1.29, 1.82) is 0 Å². The van der Waals surface area contributed by atoms with Gasteiger partial charge in [0.15, 0.2) is 0 Å². The van der Waals surface area contributed by atoms with E-state index in [0.29, 0.717) is 6.26 Å². The van der Waals surface area contributed by atoms with E-state index in [1.54, 1.807) is 0 Å². The minimum atomic E-state index is -3.92. The number of nitrogens with one attached hydrogen (secondary N) is 1. The van der Waals surface area contributed by atoms with Gasteiger partial charge in [0.25, 0.3) is 0 Å². The number of likely N-dealkylation sites (tertiary alicyclic amines) is 1. The smallest absolute Gasteiger partial charge is 0.0916 e. The van der Waals surface area contributed by atoms with Crippen LogP contribution in [-0.2, 0) is 10.1 Å². The molecule has 110 valence electrons. The summed E-state index contributed by atoms with van der Waals surface area (Å²) in [6, 6.07) is 0. The summed E-state index contributed by atoms with van der Waals surface area (Å²) in [5.41, 5.74) is 0. The Morgan fingerprint density at radius 3 is 2.39 bits per heavy atom. The Morgan fingerprint density at radius 2 is 1.89 bits per heavy atom. The molecule has 4 nitrogen and oxygen atoms in total. The molecule has 0 aromatic rings. The van der Waals surface area contributed by atoms with Crippen LogP contribution in [0.25, 0.3) is 0 Å². The van der Waals surface area contributed by atoms with Crippen molar-refractivity contribution >= 4 is 10.1 Å². The third-order valence-corrected chi connectivity index (χ3v) is 3.43. The van der Waals surface area contributed by atoms with Gasteiger partial charge in [0.1, 0.15) is 0 Å². The molecule has 0 spiro atoms. The first kappa shape index (κ1) is 17.9. The summed E-state index contributed by atoms with van der Waals surface area (Å²) < 4.78 is 27.2. The van der Waals surface area contributed by atoms with Crippen LogP contribution in [-0.4, -0.2) is 38.9 Å². The van der Waals surface area contributed by atoms with Crippen molar-refractivity contribution in [3.63, 3.8) is 0 Å². The van der Waals surface area contributed by atoms with E-state index < -0.39 is 10.1 Å². The number of hydrogen-bond acceptors (Lipinski definition) is 3. The van der Waals surface area contributed by atoms with Crippen molar-refractivity contribution in [2.45, 2.75) is 52.4 Å². The largest absolute Gasteiger partial charge is 0.748 e. The molecule has 1 saturated heterocycles. The van der Waals surface area contributed by atoms with Crippen LogP contribution < -0.4 is 4.90 Å². The second kappa shape index (κ2) is 9.75. The van der Waals surface area contributed by atoms with Gasteiger partial charge >= 0.3 is 0 Å². The van der Waals surface area contributed by atoms with E-state index in [1.165, 1.54) is 58.2 Å². The SMILES string of the molecule is CCCCC[NH+]1CCCC(CC)C1.CS(=O)(=O)[O-]. The summed E-state index contributed by atoms with van der Waals surface area (Å²) >= 11 is 0. The monoisotopic (exact) mass is 279 g/mol. The van der Waals surface area contributed by atoms with Crippen molar-refractivity contribution in [2.75, 3.05) is 25.9 Å². The highest BCUT2D eigenvalue weighted by molar-refractivity contribution is 7.84. The van der Waals surface area contributed by atoms with Gasteiger partial charge < -0.3 is 9.45 Å². The lowest BCUT2D eigenvalue weighted by atomic mass is 9.95. The van der Waals surface area contributed by atoms with E-state index in [1.807, 2.05) is 4.90 Å². The highest BCUT2D eigenvalue weighted by Gasteiger charge is 2.20. The van der Waals surface area contributed by atoms with Gasteiger partial charge in [-0.05, 0) is 32.1 Å². The van der Waals surface area contributed by atoms with E-state index in [0.717, 1.165) is 5.92 Å². The zero-order valence-electron chi connectivity index (χ0n) is 12.1. The molecule has 5 heteroatoms. The minimum absolute atomic E-state index is 0.604. The van der Waals surface area contributed by atoms with Crippen molar-refractivity contribution in [3.05, 3.63) is 0 Å². The number of quaternary nitrogens is 1. The number of piperidine rings is 1. The second-order valence-electron chi connectivity index (χ2n) is 5.28. The average Bonchev–Trinajstić information content (AvgIpc) is 2.27. The first-order valence-electron chi connectivity index (χ1n) is 7.11. The molecule has 18 heavy (non-hydrogen) atoms. The van der Waals surface area contributed by atoms with Crippen LogP contribution in [0.1, 0.15) is 52.4 Å². The van der Waals surface area contributed by atoms with Crippen LogP contribution in [0.3, 0.4) is 0 Å². The molecule has 0 aromatic carbocycles. The molecule has 1 fully saturated rings. The maximum absolute atomic E-state index is 9.08. The summed E-state index contributed by atoms with van der Waals surface area (Å²) in [5.74, 6) is 1.03. The molecule has 1 heterocycles. The molecule has 0 radical (unpaired) electrons. The molecule has 0 aromatic heterocycles. The molecule has 0 bridgehead atoms. The lowest BCUT2D eigenvalue weighted by molar-refractivity contribution is -0.909. The molecule has 1 aliphatic rings. The molecular weight excluding hydrogens is 250 g/mol. The third-order valence-electron chi connectivity index (χ3n) is 3.43. The molecule has 1 rings (SSSR count). The maximum atomic E-state index is 9.08. The fraction of sp³-hybridized carbons (Fsp3) is 1.00. The molecule has 0 amide bonds. The molecule has 1 N–H and O–H groups in total. The highest BCUT2D eigenvalue weighted by Crippen LogP contribution is 2.10. The van der Waals surface area contributed by atoms with Gasteiger partial charge in [-0.2, -0.15) is 0 Å². The Hall–Kier alpha value is -0.130. The van der Waals surface area contributed by atoms with Gasteiger partial charge in [-0.3, -0.25) is 0 Å². The molecular formula is C13H29NO3S. The molecule has 2 atom stereocenters. The van der Waals surface area contributed by atoms with E-state index in [-0.39, 0.29) is 0 Å². The number of hydrogen-bond donors (Lipinski definition) is 1. The average molecular weight is 279 g/mol. The van der Waals surface area contributed by atoms with E-state index in [9.17, 15) is 0 Å². The predicted octanol–water partition coefficient (Wildman–Crippen LogP) is 1.04. The third kappa shape index (κ3) is 12.3. The van der Waals surface area contributed by atoms with Crippen LogP contribution in [0.15, 0.2) is 0 Å². The first-order chi connectivity index (χ1) is 8.36. The van der Waals surface area contributed by atoms with Crippen molar-refractivity contribution in [1.82, 2.24) is 0 Å². The van der Waals surface area contributed by atoms with Crippen molar-refractivity contribution in [2.24, 2.45) is 5.92 Å². The van der Waals surface area contributed by atoms with E-state index in [4.69, 9.17) is 13.0 Å². The van der Waals surface area contributed by atoms with Crippen molar-refractivity contribution in [3.8, 4) is 0 Å². The summed E-state index contributed by atoms with van der Waals surface area (Å²) in [6.45, 7) is 8.98. The summed E-state index contributed by atoms with van der Waals surface area (Å²) in [6.07, 6.45) is 9.21. The topological polar surface area (TPSA) is 61.6 Å². The zero-order chi connectivity index (χ0) is 14.0. The summed E-state index contributed by atoms with van der Waals surface area (Å²) in [5, 5.41) is 0. The Morgan fingerprint density at radius 1 is 1.28 bits per heavy atom. The van der Waals surface area contributed by atoms with Crippen LogP contribution in [0.4, 0.5) is 0 Å². The van der Waals surface area contributed by atoms with Gasteiger partial charge in [0, 0.05) is 12.2 Å². The number of unbranched alkanes of at least 4 members (excludes halogenated alkanes) is 2. The Labute approximate surface area is 113 Å². The normalized spacial score (nSPS) is 24.2. The van der Waals surface area contributed by atoms with E-state index >= 15 is 0 Å². The van der Waals surface area contributed by atoms with Crippen LogP contribution in [0.5, 0.6) is 0 Å². The minimum Gasteiger partial charge on any atom is -0.748 e. The second-order valence-corrected chi connectivity index (χ2v) is 6.69. The van der Waals surface area contributed by atoms with Crippen LogP contribution >= 0.6 is 0 Å². The lowest BCUT2D eigenvalue weighted by Crippen LogP contribution is -3.13. The summed E-state index contributed by atoms with van der Waals surface area (Å²) in [7, 11) is -3.92. The Bertz CT molecular complexity index is 283. The predicted molar refractivity (Wildman–Crippen MR) is 73.7 cm³/mol. The molecule has 0 aliphatic carbocycles. The van der Waals surface area contributed by atoms with Gasteiger partial charge in [-0.25, -0.2) is 8.42 Å². The fourth-order valence-corrected chi connectivity index (χ4v) is 2.45. The maximum Gasteiger partial charge on any atom is 0.0916 e.